The highest BCUT2D eigenvalue weighted by Gasteiger charge is 2.37. The monoisotopic (exact) mass is 477 g/mol. The molecule has 1 aromatic heterocycles. The summed E-state index contributed by atoms with van der Waals surface area (Å²) in [7, 11) is 1.39. The number of carboxylic acid groups (broad SMARTS) is 1. The first kappa shape index (κ1) is 23.2. The van der Waals surface area contributed by atoms with Gasteiger partial charge in [-0.15, -0.1) is 0 Å². The average molecular weight is 478 g/mol. The Morgan fingerprint density at radius 3 is 2.69 bits per heavy atom. The fourth-order valence-corrected chi connectivity index (χ4v) is 4.11. The van der Waals surface area contributed by atoms with E-state index in [4.69, 9.17) is 21.4 Å². The summed E-state index contributed by atoms with van der Waals surface area (Å²) < 4.78 is 5.03. The smallest absolute Gasteiger partial charge is 0.341 e. The molecule has 166 valence electrons. The molecule has 32 heavy (non-hydrogen) atoms. The van der Waals surface area contributed by atoms with E-state index in [0.29, 0.717) is 0 Å². The molecule has 1 unspecified atom stereocenters. The summed E-state index contributed by atoms with van der Waals surface area (Å²) in [6.45, 7) is -0.646. The van der Waals surface area contributed by atoms with Crippen LogP contribution >= 0.6 is 23.4 Å². The van der Waals surface area contributed by atoms with Gasteiger partial charge in [0.25, 0.3) is 5.91 Å². The number of aromatic nitrogens is 1. The van der Waals surface area contributed by atoms with Crippen molar-refractivity contribution in [2.45, 2.75) is 16.7 Å². The van der Waals surface area contributed by atoms with Gasteiger partial charge in [0.15, 0.2) is 6.61 Å². The van der Waals surface area contributed by atoms with Crippen LogP contribution < -0.4 is 5.32 Å². The van der Waals surface area contributed by atoms with E-state index in [1.54, 1.807) is 0 Å². The van der Waals surface area contributed by atoms with Crippen LogP contribution in [-0.2, 0) is 19.1 Å². The molecule has 1 aromatic carbocycles. The quantitative estimate of drug-likeness (QED) is 0.452. The van der Waals surface area contributed by atoms with Crippen LogP contribution in [0.3, 0.4) is 0 Å². The summed E-state index contributed by atoms with van der Waals surface area (Å²) in [6.07, 6.45) is 1.42. The molecule has 12 heteroatoms. The zero-order valence-electron chi connectivity index (χ0n) is 16.5. The highest BCUT2D eigenvalue weighted by Crippen LogP contribution is 2.31. The fourth-order valence-electron chi connectivity index (χ4n) is 2.76. The van der Waals surface area contributed by atoms with Crippen molar-refractivity contribution in [2.75, 3.05) is 19.0 Å². The van der Waals surface area contributed by atoms with E-state index < -0.39 is 29.7 Å². The maximum absolute atomic E-state index is 12.5. The number of pyridine rings is 1. The number of nitrogens with one attached hydrogen (secondary N) is 1. The average Bonchev–Trinajstić information content (AvgIpc) is 3.00. The van der Waals surface area contributed by atoms with E-state index in [1.807, 2.05) is 0 Å². The number of likely N-dealkylation sites (tertiary alicyclic amines) is 1. The van der Waals surface area contributed by atoms with Crippen LogP contribution in [0.1, 0.15) is 27.1 Å². The minimum atomic E-state index is -1.26. The molecule has 2 heterocycles. The van der Waals surface area contributed by atoms with Crippen LogP contribution in [0, 0.1) is 0 Å². The van der Waals surface area contributed by atoms with Gasteiger partial charge >= 0.3 is 11.9 Å². The third kappa shape index (κ3) is 5.24. The van der Waals surface area contributed by atoms with Crippen molar-refractivity contribution in [3.05, 3.63) is 52.7 Å². The second-order valence-corrected chi connectivity index (χ2v) is 8.18. The number of imide groups is 1. The molecule has 1 fully saturated rings. The second-order valence-electron chi connectivity index (χ2n) is 6.58. The minimum Gasteiger partial charge on any atom is -0.478 e. The van der Waals surface area contributed by atoms with Gasteiger partial charge in [-0.2, -0.15) is 0 Å². The molecule has 0 spiro atoms. The van der Waals surface area contributed by atoms with Crippen molar-refractivity contribution in [3.63, 3.8) is 0 Å². The highest BCUT2D eigenvalue weighted by atomic mass is 35.5. The molecule has 1 aliphatic rings. The summed E-state index contributed by atoms with van der Waals surface area (Å²) >= 11 is 6.76. The lowest BCUT2D eigenvalue weighted by Gasteiger charge is -2.11. The van der Waals surface area contributed by atoms with Crippen molar-refractivity contribution in [2.24, 2.45) is 0 Å². The van der Waals surface area contributed by atoms with Gasteiger partial charge in [-0.25, -0.2) is 14.6 Å². The Bertz CT molecular complexity index is 1120. The van der Waals surface area contributed by atoms with Gasteiger partial charge in [0, 0.05) is 25.4 Å². The Hall–Kier alpha value is -3.44. The first-order valence-electron chi connectivity index (χ1n) is 9.09. The molecule has 10 nitrogen and oxygen atoms in total. The lowest BCUT2D eigenvalue weighted by atomic mass is 10.2. The summed E-state index contributed by atoms with van der Waals surface area (Å²) in [5.74, 6) is -3.50. The van der Waals surface area contributed by atoms with E-state index in [-0.39, 0.29) is 45.1 Å². The number of anilines is 1. The van der Waals surface area contributed by atoms with E-state index >= 15 is 0 Å². The Morgan fingerprint density at radius 1 is 1.28 bits per heavy atom. The Morgan fingerprint density at radius 2 is 2.03 bits per heavy atom. The maximum atomic E-state index is 12.5. The van der Waals surface area contributed by atoms with Crippen LogP contribution in [-0.4, -0.2) is 63.6 Å². The Balaban J connectivity index is 1.63. The first-order valence-corrected chi connectivity index (χ1v) is 10.3. The molecular weight excluding hydrogens is 462 g/mol. The summed E-state index contributed by atoms with van der Waals surface area (Å²) in [4.78, 5) is 64.7. The van der Waals surface area contributed by atoms with E-state index in [9.17, 15) is 24.0 Å². The molecule has 1 saturated heterocycles. The molecule has 0 radical (unpaired) electrons. The van der Waals surface area contributed by atoms with Crippen LogP contribution in [0.25, 0.3) is 0 Å². The summed E-state index contributed by atoms with van der Waals surface area (Å²) in [5, 5.41) is 11.0. The zero-order chi connectivity index (χ0) is 23.4. The third-order valence-corrected chi connectivity index (χ3v) is 5.93. The molecule has 0 bridgehead atoms. The number of carboxylic acids is 1. The van der Waals surface area contributed by atoms with Crippen molar-refractivity contribution in [3.8, 4) is 0 Å². The van der Waals surface area contributed by atoms with Crippen LogP contribution in [0.2, 0.25) is 5.02 Å². The number of amides is 3. The van der Waals surface area contributed by atoms with Gasteiger partial charge in [-0.3, -0.25) is 19.3 Å². The number of esters is 1. The van der Waals surface area contributed by atoms with E-state index in [1.165, 1.54) is 43.6 Å². The zero-order valence-corrected chi connectivity index (χ0v) is 18.1. The van der Waals surface area contributed by atoms with Crippen LogP contribution in [0.15, 0.2) is 41.6 Å². The van der Waals surface area contributed by atoms with Gasteiger partial charge in [-0.1, -0.05) is 23.4 Å². The third-order valence-electron chi connectivity index (χ3n) is 4.40. The maximum Gasteiger partial charge on any atom is 0.341 e. The molecule has 1 atom stereocenters. The lowest BCUT2D eigenvalue weighted by molar-refractivity contribution is -0.136. The van der Waals surface area contributed by atoms with Gasteiger partial charge in [0.05, 0.1) is 21.4 Å². The number of ether oxygens (including phenoxy) is 1. The number of thioether (sulfide) groups is 1. The van der Waals surface area contributed by atoms with Crippen molar-refractivity contribution in [1.29, 1.82) is 0 Å². The topological polar surface area (TPSA) is 143 Å². The number of carbonyl (C=O) groups excluding carboxylic acids is 4. The molecule has 0 saturated carbocycles. The van der Waals surface area contributed by atoms with Crippen LogP contribution in [0.5, 0.6) is 0 Å². The van der Waals surface area contributed by atoms with Crippen molar-refractivity contribution < 1.29 is 33.8 Å². The van der Waals surface area contributed by atoms with Crippen molar-refractivity contribution in [1.82, 2.24) is 9.88 Å². The number of hydrogen-bond acceptors (Lipinski definition) is 8. The fraction of sp³-hybridized carbons (Fsp3) is 0.200. The predicted molar refractivity (Wildman–Crippen MR) is 114 cm³/mol. The van der Waals surface area contributed by atoms with Gasteiger partial charge in [-0.05, 0) is 30.3 Å². The first-order chi connectivity index (χ1) is 15.2. The molecule has 2 aromatic rings. The number of aromatic carboxylic acids is 1. The second kappa shape index (κ2) is 9.79. The van der Waals surface area contributed by atoms with Gasteiger partial charge in [0.1, 0.15) is 5.03 Å². The number of rotatable bonds is 7. The Labute approximate surface area is 190 Å². The summed E-state index contributed by atoms with van der Waals surface area (Å²) in [6, 6.07) is 6.82. The normalized spacial score (nSPS) is 15.6. The van der Waals surface area contributed by atoms with Gasteiger partial charge in [0.2, 0.25) is 11.8 Å². The van der Waals surface area contributed by atoms with E-state index in [2.05, 4.69) is 10.3 Å². The van der Waals surface area contributed by atoms with Crippen LogP contribution in [0.4, 0.5) is 5.69 Å². The largest absolute Gasteiger partial charge is 0.478 e. The molecule has 0 aliphatic carbocycles. The van der Waals surface area contributed by atoms with E-state index in [0.717, 1.165) is 16.7 Å². The molecule has 3 rings (SSSR count). The van der Waals surface area contributed by atoms with Crippen molar-refractivity contribution >= 4 is 58.7 Å². The standard InChI is InChI=1S/C20H16ClN3O7S/c1-24-16(26)8-14(18(24)27)32-17-11(3-2-6-22-17)20(30)31-9-15(25)23-10-4-5-13(21)12(7-10)19(28)29/h2-7,14H,8-9H2,1H3,(H,23,25)(H,28,29). The minimum absolute atomic E-state index is 0.00705. The molecule has 1 aliphatic heterocycles. The molecular formula is C20H16ClN3O7S. The Kier molecular flexibility index (Phi) is 7.11. The number of nitrogens with zero attached hydrogens (tertiary/aromatic N) is 2. The lowest BCUT2D eigenvalue weighted by Crippen LogP contribution is -2.26. The van der Waals surface area contributed by atoms with Gasteiger partial charge < -0.3 is 15.2 Å². The number of carbonyl (C=O) groups is 5. The highest BCUT2D eigenvalue weighted by molar-refractivity contribution is 8.00. The summed E-state index contributed by atoms with van der Waals surface area (Å²) in [5.41, 5.74) is 0.0165. The SMILES string of the molecule is CN1C(=O)CC(Sc2ncccc2C(=O)OCC(=O)Nc2ccc(Cl)c(C(=O)O)c2)C1=O. The number of halogens is 1. The number of benzene rings is 1. The number of hydrogen-bond donors (Lipinski definition) is 2. The predicted octanol–water partition coefficient (Wildman–Crippen LogP) is 2.08. The molecule has 3 amide bonds. The molecule has 2 N–H and O–H groups in total.